The van der Waals surface area contributed by atoms with Crippen LogP contribution < -0.4 is 14.8 Å². The first-order valence-corrected chi connectivity index (χ1v) is 11.1. The first kappa shape index (κ1) is 22.0. The maximum Gasteiger partial charge on any atom is 0.223 e. The second kappa shape index (κ2) is 9.14. The van der Waals surface area contributed by atoms with E-state index < -0.39 is 5.60 Å². The second-order valence-electron chi connectivity index (χ2n) is 8.63. The molecule has 1 amide bonds. The van der Waals surface area contributed by atoms with E-state index in [0.717, 1.165) is 11.4 Å². The molecule has 2 aliphatic rings. The third-order valence-electron chi connectivity index (χ3n) is 6.16. The van der Waals surface area contributed by atoms with Gasteiger partial charge in [0.05, 0.1) is 19.1 Å². The van der Waals surface area contributed by atoms with Crippen molar-refractivity contribution in [3.05, 3.63) is 41.2 Å². The van der Waals surface area contributed by atoms with Crippen LogP contribution >= 0.6 is 0 Å². The van der Waals surface area contributed by atoms with Crippen molar-refractivity contribution in [2.75, 3.05) is 32.1 Å². The molecule has 0 bridgehead atoms. The molecular formula is C24H30N4O4. The molecule has 8 heteroatoms. The molecule has 0 saturated carbocycles. The number of fused-ring (bicyclic) bond motifs is 1. The maximum atomic E-state index is 12.7. The number of Topliss-reactive ketones (excluding diaryl/α,β-unsaturated/α-hetero) is 1. The number of methoxy groups -OCH3 is 1. The zero-order chi connectivity index (χ0) is 22.7. The number of hydrogen-bond acceptors (Lipinski definition) is 7. The highest BCUT2D eigenvalue weighted by Crippen LogP contribution is 2.40. The van der Waals surface area contributed by atoms with E-state index in [1.807, 2.05) is 24.8 Å². The summed E-state index contributed by atoms with van der Waals surface area (Å²) in [7, 11) is 1.59. The highest BCUT2D eigenvalue weighted by atomic mass is 16.5. The summed E-state index contributed by atoms with van der Waals surface area (Å²) in [5.74, 6) is 2.08. The number of benzene rings is 1. The van der Waals surface area contributed by atoms with Gasteiger partial charge in [-0.15, -0.1) is 0 Å². The highest BCUT2D eigenvalue weighted by molar-refractivity contribution is 6.00. The van der Waals surface area contributed by atoms with Gasteiger partial charge in [0.2, 0.25) is 11.9 Å². The van der Waals surface area contributed by atoms with Crippen molar-refractivity contribution in [3.8, 4) is 11.5 Å². The summed E-state index contributed by atoms with van der Waals surface area (Å²) in [5, 5.41) is 3.19. The number of piperidine rings is 1. The van der Waals surface area contributed by atoms with Crippen molar-refractivity contribution in [1.29, 1.82) is 0 Å². The Morgan fingerprint density at radius 2 is 1.91 bits per heavy atom. The molecule has 3 heterocycles. The zero-order valence-corrected chi connectivity index (χ0v) is 18.9. The lowest BCUT2D eigenvalue weighted by Gasteiger charge is -2.44. The van der Waals surface area contributed by atoms with Crippen LogP contribution in [0.15, 0.2) is 24.3 Å². The van der Waals surface area contributed by atoms with Gasteiger partial charge < -0.3 is 19.7 Å². The summed E-state index contributed by atoms with van der Waals surface area (Å²) in [6.07, 6.45) is 2.82. The monoisotopic (exact) mass is 438 g/mol. The minimum absolute atomic E-state index is 0.0911. The third-order valence-corrected chi connectivity index (χ3v) is 6.16. The van der Waals surface area contributed by atoms with Crippen LogP contribution in [-0.2, 0) is 4.79 Å². The molecule has 1 aromatic heterocycles. The predicted molar refractivity (Wildman–Crippen MR) is 120 cm³/mol. The van der Waals surface area contributed by atoms with E-state index in [1.165, 1.54) is 0 Å². The minimum Gasteiger partial charge on any atom is -0.497 e. The Balaban J connectivity index is 1.27. The number of likely N-dealkylation sites (tertiary alicyclic amines) is 1. The van der Waals surface area contributed by atoms with Crippen LogP contribution in [0.3, 0.4) is 0 Å². The molecule has 0 radical (unpaired) electrons. The smallest absolute Gasteiger partial charge is 0.223 e. The average molecular weight is 439 g/mol. The van der Waals surface area contributed by atoms with Crippen LogP contribution in [0.4, 0.5) is 5.95 Å². The summed E-state index contributed by atoms with van der Waals surface area (Å²) < 4.78 is 11.6. The van der Waals surface area contributed by atoms with Crippen molar-refractivity contribution < 1.29 is 19.1 Å². The topological polar surface area (TPSA) is 93.7 Å². The second-order valence-corrected chi connectivity index (χ2v) is 8.63. The van der Waals surface area contributed by atoms with Crippen molar-refractivity contribution in [2.45, 2.75) is 51.6 Å². The molecule has 0 aliphatic carbocycles. The van der Waals surface area contributed by atoms with Crippen molar-refractivity contribution >= 4 is 17.6 Å². The summed E-state index contributed by atoms with van der Waals surface area (Å²) in [6, 6.07) is 7.24. The van der Waals surface area contributed by atoms with Gasteiger partial charge in [0.1, 0.15) is 17.1 Å². The van der Waals surface area contributed by atoms with Crippen LogP contribution in [0.1, 0.15) is 53.8 Å². The quantitative estimate of drug-likeness (QED) is 0.692. The molecule has 0 unspecified atom stereocenters. The Hall–Kier alpha value is -3.16. The molecule has 8 nitrogen and oxygen atoms in total. The lowest BCUT2D eigenvalue weighted by atomic mass is 9.82. The number of hydrogen-bond donors (Lipinski definition) is 1. The van der Waals surface area contributed by atoms with Gasteiger partial charge in [-0.25, -0.2) is 9.97 Å². The lowest BCUT2D eigenvalue weighted by Crippen LogP contribution is -2.52. The van der Waals surface area contributed by atoms with Crippen LogP contribution in [0.2, 0.25) is 0 Å². The van der Waals surface area contributed by atoms with Gasteiger partial charge in [-0.05, 0) is 38.5 Å². The van der Waals surface area contributed by atoms with Gasteiger partial charge in [-0.3, -0.25) is 9.59 Å². The largest absolute Gasteiger partial charge is 0.497 e. The maximum absolute atomic E-state index is 12.7. The Labute approximate surface area is 188 Å². The van der Waals surface area contributed by atoms with Crippen LogP contribution in [0, 0.1) is 13.8 Å². The number of ether oxygens (including phenoxy) is 2. The number of aromatic nitrogens is 2. The number of anilines is 1. The van der Waals surface area contributed by atoms with E-state index >= 15 is 0 Å². The van der Waals surface area contributed by atoms with E-state index in [1.54, 1.807) is 25.3 Å². The van der Waals surface area contributed by atoms with Crippen LogP contribution in [0.25, 0.3) is 0 Å². The summed E-state index contributed by atoms with van der Waals surface area (Å²) in [5.41, 5.74) is 1.91. The number of ketones is 1. The number of carbonyl (C=O) groups is 2. The molecule has 1 N–H and O–H groups in total. The average Bonchev–Trinajstić information content (AvgIpc) is 2.76. The number of amides is 1. The Morgan fingerprint density at radius 1 is 1.19 bits per heavy atom. The van der Waals surface area contributed by atoms with Crippen molar-refractivity contribution in [1.82, 2.24) is 14.9 Å². The van der Waals surface area contributed by atoms with Gasteiger partial charge in [0.15, 0.2) is 5.78 Å². The van der Waals surface area contributed by atoms with E-state index in [0.29, 0.717) is 74.7 Å². The Bertz CT molecular complexity index is 995. The van der Waals surface area contributed by atoms with Gasteiger partial charge in [0, 0.05) is 56.4 Å². The summed E-state index contributed by atoms with van der Waals surface area (Å²) >= 11 is 0. The molecule has 2 aliphatic heterocycles. The number of nitrogens with one attached hydrogen (secondary N) is 1. The molecule has 32 heavy (non-hydrogen) atoms. The van der Waals surface area contributed by atoms with Gasteiger partial charge >= 0.3 is 0 Å². The molecule has 0 atom stereocenters. The van der Waals surface area contributed by atoms with Crippen LogP contribution in [0.5, 0.6) is 11.5 Å². The lowest BCUT2D eigenvalue weighted by molar-refractivity contribution is -0.134. The minimum atomic E-state index is -0.533. The molecule has 1 spiro atoms. The predicted octanol–water partition coefficient (Wildman–Crippen LogP) is 3.32. The fraction of sp³-hybridized carbons (Fsp3) is 0.500. The third kappa shape index (κ3) is 4.84. The molecule has 1 fully saturated rings. The molecule has 1 saturated heterocycles. The standard InChI is InChI=1S/C24H30N4O4/c1-16-13-17(2)27-23(26-16)25-10-4-5-22(30)28-11-8-24(9-12-28)15-20(29)19-7-6-18(31-3)14-21(19)32-24/h6-7,13-14H,4-5,8-12,15H2,1-3H3,(H,25,26,27). The zero-order valence-electron chi connectivity index (χ0n) is 18.9. The SMILES string of the molecule is COc1ccc2c(c1)OC1(CCN(C(=O)CCCNc3nc(C)cc(C)n3)CC1)CC2=O. The van der Waals surface area contributed by atoms with Gasteiger partial charge in [0.25, 0.3) is 0 Å². The first-order valence-electron chi connectivity index (χ1n) is 11.1. The van der Waals surface area contributed by atoms with Crippen molar-refractivity contribution in [2.24, 2.45) is 0 Å². The van der Waals surface area contributed by atoms with E-state index in [9.17, 15) is 9.59 Å². The fourth-order valence-corrected chi connectivity index (χ4v) is 4.45. The number of nitrogens with zero attached hydrogens (tertiary/aromatic N) is 3. The highest BCUT2D eigenvalue weighted by Gasteiger charge is 2.43. The normalized spacial score (nSPS) is 17.0. The summed E-state index contributed by atoms with van der Waals surface area (Å²) in [6.45, 7) is 5.71. The molecule has 170 valence electrons. The van der Waals surface area contributed by atoms with E-state index in [2.05, 4.69) is 15.3 Å². The van der Waals surface area contributed by atoms with Crippen LogP contribution in [-0.4, -0.2) is 58.9 Å². The first-order chi connectivity index (χ1) is 15.4. The summed E-state index contributed by atoms with van der Waals surface area (Å²) in [4.78, 5) is 36.0. The number of rotatable bonds is 6. The molecule has 2 aromatic rings. The number of aryl methyl sites for hydroxylation is 2. The molecule has 1 aromatic carbocycles. The molecule has 4 rings (SSSR count). The molecular weight excluding hydrogens is 408 g/mol. The van der Waals surface area contributed by atoms with E-state index in [-0.39, 0.29) is 11.7 Å². The fourth-order valence-electron chi connectivity index (χ4n) is 4.45. The Morgan fingerprint density at radius 3 is 2.59 bits per heavy atom. The number of carbonyl (C=O) groups excluding carboxylic acids is 2. The van der Waals surface area contributed by atoms with Crippen molar-refractivity contribution in [3.63, 3.8) is 0 Å². The van der Waals surface area contributed by atoms with E-state index in [4.69, 9.17) is 9.47 Å². The van der Waals surface area contributed by atoms with Gasteiger partial charge in [-0.1, -0.05) is 0 Å². The van der Waals surface area contributed by atoms with Gasteiger partial charge in [-0.2, -0.15) is 0 Å². The Kier molecular flexibility index (Phi) is 6.30.